The highest BCUT2D eigenvalue weighted by atomic mass is 16.4. The number of nitrogens with zero attached hydrogens (tertiary/aromatic N) is 2. The van der Waals surface area contributed by atoms with Crippen molar-refractivity contribution in [3.8, 4) is 11.3 Å². The monoisotopic (exact) mass is 404 g/mol. The molecule has 1 aliphatic rings. The Hall–Kier alpha value is -3.94. The molecule has 1 unspecified atom stereocenters. The smallest absolute Gasteiger partial charge is 0.303 e. The number of aliphatic carboxylic acids is 1. The standard InChI is InChI=1S/C22H20N4O4/c23-20-15-4-2-1-3-12(15)10-17(25-20)13-5-6-16-14(9-13)11-26(22(16)30)18(21(24)29)7-8-19(27)28/h1-6,9-10,18H,7-8,11H2,(H2,23,25)(H2,24,29)(H,27,28). The van der Waals surface area contributed by atoms with Gasteiger partial charge in [-0.25, -0.2) is 4.98 Å². The van der Waals surface area contributed by atoms with Crippen molar-refractivity contribution in [3.05, 3.63) is 59.7 Å². The third kappa shape index (κ3) is 3.43. The number of fused-ring (bicyclic) bond motifs is 2. The number of amides is 2. The van der Waals surface area contributed by atoms with Crippen molar-refractivity contribution in [2.75, 3.05) is 5.73 Å². The summed E-state index contributed by atoms with van der Waals surface area (Å²) in [6, 6.07) is 14.0. The van der Waals surface area contributed by atoms with Crippen molar-refractivity contribution in [2.24, 2.45) is 5.73 Å². The molecule has 0 bridgehead atoms. The lowest BCUT2D eigenvalue weighted by atomic mass is 10.0. The van der Waals surface area contributed by atoms with E-state index in [1.165, 1.54) is 4.90 Å². The van der Waals surface area contributed by atoms with E-state index in [1.807, 2.05) is 36.4 Å². The Labute approximate surface area is 172 Å². The van der Waals surface area contributed by atoms with E-state index in [9.17, 15) is 14.4 Å². The lowest BCUT2D eigenvalue weighted by Crippen LogP contribution is -2.45. The predicted octanol–water partition coefficient (Wildman–Crippen LogP) is 2.16. The number of pyridine rings is 1. The lowest BCUT2D eigenvalue weighted by Gasteiger charge is -2.24. The molecule has 4 rings (SSSR count). The van der Waals surface area contributed by atoms with Gasteiger partial charge in [0.15, 0.2) is 0 Å². The molecule has 5 N–H and O–H groups in total. The summed E-state index contributed by atoms with van der Waals surface area (Å²) in [5.41, 5.74) is 14.2. The van der Waals surface area contributed by atoms with Crippen molar-refractivity contribution in [1.29, 1.82) is 0 Å². The first-order chi connectivity index (χ1) is 14.3. The van der Waals surface area contributed by atoms with Crippen molar-refractivity contribution < 1.29 is 19.5 Å². The Bertz CT molecular complexity index is 1190. The molecule has 1 atom stereocenters. The number of hydrogen-bond donors (Lipinski definition) is 3. The Balaban J connectivity index is 1.67. The molecule has 2 amide bonds. The topological polar surface area (TPSA) is 140 Å². The third-order valence-corrected chi connectivity index (χ3v) is 5.34. The Morgan fingerprint density at radius 1 is 1.17 bits per heavy atom. The van der Waals surface area contributed by atoms with E-state index in [4.69, 9.17) is 16.6 Å². The van der Waals surface area contributed by atoms with Gasteiger partial charge in [-0.05, 0) is 35.6 Å². The highest BCUT2D eigenvalue weighted by molar-refractivity contribution is 6.01. The fourth-order valence-electron chi connectivity index (χ4n) is 3.84. The summed E-state index contributed by atoms with van der Waals surface area (Å²) in [7, 11) is 0. The number of aromatic nitrogens is 1. The summed E-state index contributed by atoms with van der Waals surface area (Å²) in [6.07, 6.45) is -0.278. The minimum Gasteiger partial charge on any atom is -0.481 e. The van der Waals surface area contributed by atoms with Crippen LogP contribution in [-0.2, 0) is 16.1 Å². The number of carboxylic acids is 1. The predicted molar refractivity (Wildman–Crippen MR) is 111 cm³/mol. The van der Waals surface area contributed by atoms with Gasteiger partial charge in [0.1, 0.15) is 11.9 Å². The van der Waals surface area contributed by atoms with Gasteiger partial charge < -0.3 is 21.5 Å². The second kappa shape index (κ2) is 7.47. The van der Waals surface area contributed by atoms with Gasteiger partial charge in [-0.3, -0.25) is 14.4 Å². The third-order valence-electron chi connectivity index (χ3n) is 5.34. The molecule has 1 aromatic heterocycles. The van der Waals surface area contributed by atoms with Crippen LogP contribution in [-0.4, -0.2) is 38.8 Å². The van der Waals surface area contributed by atoms with E-state index < -0.39 is 17.9 Å². The first-order valence-electron chi connectivity index (χ1n) is 9.46. The van der Waals surface area contributed by atoms with Crippen molar-refractivity contribution >= 4 is 34.4 Å². The molecule has 8 nitrogen and oxygen atoms in total. The van der Waals surface area contributed by atoms with Crippen LogP contribution < -0.4 is 11.5 Å². The average Bonchev–Trinajstić information content (AvgIpc) is 3.03. The minimum absolute atomic E-state index is 0.0278. The van der Waals surface area contributed by atoms with E-state index in [0.29, 0.717) is 17.1 Å². The molecule has 0 radical (unpaired) electrons. The molecule has 1 aliphatic heterocycles. The Kier molecular flexibility index (Phi) is 4.83. The number of carboxylic acid groups (broad SMARTS) is 1. The normalized spacial score (nSPS) is 14.0. The minimum atomic E-state index is -1.05. The number of rotatable bonds is 6. The summed E-state index contributed by atoms with van der Waals surface area (Å²) in [5, 5.41) is 10.7. The van der Waals surface area contributed by atoms with Crippen molar-refractivity contribution in [1.82, 2.24) is 9.88 Å². The average molecular weight is 404 g/mol. The highest BCUT2D eigenvalue weighted by Gasteiger charge is 2.35. The molecule has 0 spiro atoms. The lowest BCUT2D eigenvalue weighted by molar-refractivity contribution is -0.137. The first-order valence-corrected chi connectivity index (χ1v) is 9.46. The van der Waals surface area contributed by atoms with Gasteiger partial charge in [-0.2, -0.15) is 0 Å². The van der Waals surface area contributed by atoms with E-state index in [1.54, 1.807) is 12.1 Å². The number of carbonyl (C=O) groups excluding carboxylic acids is 2. The fraction of sp³-hybridized carbons (Fsp3) is 0.182. The van der Waals surface area contributed by atoms with Crippen LogP contribution in [0.25, 0.3) is 22.0 Å². The second-order valence-electron chi connectivity index (χ2n) is 7.27. The van der Waals surface area contributed by atoms with Crippen LogP contribution in [0.4, 0.5) is 5.82 Å². The maximum absolute atomic E-state index is 12.8. The van der Waals surface area contributed by atoms with Crippen LogP contribution in [0.15, 0.2) is 48.5 Å². The molecule has 2 heterocycles. The van der Waals surface area contributed by atoms with Crippen LogP contribution in [0.3, 0.4) is 0 Å². The highest BCUT2D eigenvalue weighted by Crippen LogP contribution is 2.32. The molecule has 2 aromatic carbocycles. The van der Waals surface area contributed by atoms with Crippen molar-refractivity contribution in [3.63, 3.8) is 0 Å². The number of primary amides is 1. The van der Waals surface area contributed by atoms with Crippen LogP contribution in [0.2, 0.25) is 0 Å². The molecule has 8 heteroatoms. The molecule has 152 valence electrons. The number of nitrogens with two attached hydrogens (primary N) is 2. The summed E-state index contributed by atoms with van der Waals surface area (Å²) >= 11 is 0. The number of nitrogen functional groups attached to an aromatic ring is 1. The van der Waals surface area contributed by atoms with Gasteiger partial charge in [0, 0.05) is 29.5 Å². The summed E-state index contributed by atoms with van der Waals surface area (Å²) in [4.78, 5) is 41.4. The van der Waals surface area contributed by atoms with E-state index in [-0.39, 0.29) is 25.3 Å². The van der Waals surface area contributed by atoms with Gasteiger partial charge in [0.05, 0.1) is 5.69 Å². The van der Waals surface area contributed by atoms with Gasteiger partial charge in [-0.15, -0.1) is 0 Å². The maximum atomic E-state index is 12.8. The van der Waals surface area contributed by atoms with E-state index in [0.717, 1.165) is 21.9 Å². The first kappa shape index (κ1) is 19.4. The SMILES string of the molecule is NC(=O)C(CCC(=O)O)N1Cc2cc(-c3cc4ccccc4c(N)n3)ccc2C1=O. The molecular formula is C22H20N4O4. The van der Waals surface area contributed by atoms with Crippen LogP contribution in [0.5, 0.6) is 0 Å². The molecule has 30 heavy (non-hydrogen) atoms. The molecule has 0 fully saturated rings. The number of benzene rings is 2. The summed E-state index contributed by atoms with van der Waals surface area (Å²) in [6.45, 7) is 0.179. The Morgan fingerprint density at radius 2 is 1.93 bits per heavy atom. The van der Waals surface area contributed by atoms with Crippen molar-refractivity contribution in [2.45, 2.75) is 25.4 Å². The van der Waals surface area contributed by atoms with E-state index >= 15 is 0 Å². The van der Waals surface area contributed by atoms with Gasteiger partial charge in [0.2, 0.25) is 5.91 Å². The second-order valence-corrected chi connectivity index (χ2v) is 7.27. The maximum Gasteiger partial charge on any atom is 0.303 e. The van der Waals surface area contributed by atoms with Crippen LogP contribution in [0, 0.1) is 0 Å². The van der Waals surface area contributed by atoms with E-state index in [2.05, 4.69) is 4.98 Å². The number of anilines is 1. The zero-order valence-electron chi connectivity index (χ0n) is 16.0. The van der Waals surface area contributed by atoms with Crippen LogP contribution in [0.1, 0.15) is 28.8 Å². The Morgan fingerprint density at radius 3 is 2.67 bits per heavy atom. The van der Waals surface area contributed by atoms with Gasteiger partial charge in [0.25, 0.3) is 5.91 Å². The summed E-state index contributed by atoms with van der Waals surface area (Å²) < 4.78 is 0. The number of carbonyl (C=O) groups is 3. The van der Waals surface area contributed by atoms with Gasteiger partial charge in [-0.1, -0.05) is 30.3 Å². The summed E-state index contributed by atoms with van der Waals surface area (Å²) in [5.74, 6) is -1.69. The molecule has 0 aliphatic carbocycles. The molecule has 0 saturated carbocycles. The quantitative estimate of drug-likeness (QED) is 0.575. The fourth-order valence-corrected chi connectivity index (χ4v) is 3.84. The molecule has 0 saturated heterocycles. The van der Waals surface area contributed by atoms with Gasteiger partial charge >= 0.3 is 5.97 Å². The molecule has 3 aromatic rings. The van der Waals surface area contributed by atoms with Crippen LogP contribution >= 0.6 is 0 Å². The zero-order valence-corrected chi connectivity index (χ0v) is 16.0. The number of hydrogen-bond acceptors (Lipinski definition) is 5. The largest absolute Gasteiger partial charge is 0.481 e. The zero-order chi connectivity index (χ0) is 21.4. The molecular weight excluding hydrogens is 384 g/mol.